The molecule has 0 bridgehead atoms. The maximum Gasteiger partial charge on any atom is 0.338 e. The molecule has 0 heterocycles. The molecule has 0 saturated carbocycles. The predicted molar refractivity (Wildman–Crippen MR) is 53.1 cm³/mol. The van der Waals surface area contributed by atoms with E-state index in [1.807, 2.05) is 0 Å². The van der Waals surface area contributed by atoms with Gasteiger partial charge >= 0.3 is 11.4 Å². The quantitative estimate of drug-likeness (QED) is 0.625. The lowest BCUT2D eigenvalue weighted by Gasteiger charge is -2.04. The number of nitro groups is 2. The van der Waals surface area contributed by atoms with Crippen LogP contribution in [0.2, 0.25) is 10.0 Å². The Hall–Kier alpha value is -1.80. The lowest BCUT2D eigenvalue weighted by atomic mass is 10.2. The van der Waals surface area contributed by atoms with Crippen LogP contribution in [0.25, 0.3) is 0 Å². The fraction of sp³-hybridized carbons (Fsp3) is 0. The zero-order valence-electron chi connectivity index (χ0n) is 7.18. The third-order valence-corrected chi connectivity index (χ3v) is 2.36. The van der Waals surface area contributed by atoms with Crippen molar-refractivity contribution in [3.05, 3.63) is 30.3 Å². The number of halogens is 2. The van der Waals surface area contributed by atoms with Gasteiger partial charge in [0.25, 0.3) is 0 Å². The van der Waals surface area contributed by atoms with Crippen molar-refractivity contribution in [3.63, 3.8) is 0 Å². The summed E-state index contributed by atoms with van der Waals surface area (Å²) in [7, 11) is 0. The Bertz CT molecular complexity index is 461. The monoisotopic (exact) mass is 268 g/mol. The van der Waals surface area contributed by atoms with Gasteiger partial charge < -0.3 is 10.2 Å². The van der Waals surface area contributed by atoms with Gasteiger partial charge in [-0.2, -0.15) is 0 Å². The van der Waals surface area contributed by atoms with E-state index >= 15 is 0 Å². The minimum atomic E-state index is -1.14. The molecule has 0 aliphatic rings. The highest BCUT2D eigenvalue weighted by Gasteiger charge is 2.35. The van der Waals surface area contributed by atoms with Gasteiger partial charge in [-0.1, -0.05) is 23.2 Å². The van der Waals surface area contributed by atoms with Gasteiger partial charge in [-0.3, -0.25) is 20.2 Å². The Morgan fingerprint density at radius 1 is 0.875 bits per heavy atom. The van der Waals surface area contributed by atoms with Crippen molar-refractivity contribution in [2.24, 2.45) is 0 Å². The number of phenols is 2. The molecule has 0 aromatic heterocycles. The lowest BCUT2D eigenvalue weighted by molar-refractivity contribution is -0.395. The van der Waals surface area contributed by atoms with Crippen molar-refractivity contribution < 1.29 is 20.1 Å². The highest BCUT2D eigenvalue weighted by atomic mass is 35.5. The van der Waals surface area contributed by atoms with E-state index in [1.54, 1.807) is 0 Å². The summed E-state index contributed by atoms with van der Waals surface area (Å²) in [5.41, 5.74) is -2.26. The van der Waals surface area contributed by atoms with E-state index in [0.717, 1.165) is 0 Å². The van der Waals surface area contributed by atoms with Gasteiger partial charge in [0.2, 0.25) is 16.5 Å². The van der Waals surface area contributed by atoms with Crippen LogP contribution in [-0.2, 0) is 0 Å². The Kier molecular flexibility index (Phi) is 3.06. The molecule has 86 valence electrons. The summed E-state index contributed by atoms with van der Waals surface area (Å²) < 4.78 is 0. The first-order valence-corrected chi connectivity index (χ1v) is 4.26. The van der Waals surface area contributed by atoms with Crippen molar-refractivity contribution >= 4 is 34.6 Å². The molecule has 16 heavy (non-hydrogen) atoms. The SMILES string of the molecule is O=[N+]([O-])c1c(O)c(Cl)c(O)c([N+](=O)[O-])c1Cl. The fourth-order valence-corrected chi connectivity index (χ4v) is 1.47. The van der Waals surface area contributed by atoms with Crippen LogP contribution in [0.3, 0.4) is 0 Å². The zero-order valence-corrected chi connectivity index (χ0v) is 8.69. The number of hydrogen-bond donors (Lipinski definition) is 2. The average molecular weight is 269 g/mol. The maximum atomic E-state index is 10.5. The summed E-state index contributed by atoms with van der Waals surface area (Å²) in [6.45, 7) is 0. The van der Waals surface area contributed by atoms with Gasteiger partial charge in [0, 0.05) is 0 Å². The first-order chi connectivity index (χ1) is 7.29. The second-order valence-corrected chi connectivity index (χ2v) is 3.29. The number of nitrogens with zero attached hydrogens (tertiary/aromatic N) is 2. The average Bonchev–Trinajstić information content (AvgIpc) is 2.13. The van der Waals surface area contributed by atoms with Gasteiger partial charge in [0.1, 0.15) is 5.02 Å². The van der Waals surface area contributed by atoms with E-state index in [0.29, 0.717) is 0 Å². The van der Waals surface area contributed by atoms with Crippen LogP contribution in [-0.4, -0.2) is 20.1 Å². The van der Waals surface area contributed by atoms with Crippen LogP contribution in [0, 0.1) is 20.2 Å². The van der Waals surface area contributed by atoms with Crippen molar-refractivity contribution in [2.75, 3.05) is 0 Å². The molecule has 0 atom stereocenters. The molecule has 1 aromatic carbocycles. The minimum Gasteiger partial charge on any atom is -0.501 e. The number of rotatable bonds is 2. The second kappa shape index (κ2) is 3.99. The van der Waals surface area contributed by atoms with Crippen LogP contribution < -0.4 is 0 Å². The summed E-state index contributed by atoms with van der Waals surface area (Å²) in [5.74, 6) is -2.25. The van der Waals surface area contributed by atoms with Crippen molar-refractivity contribution in [1.29, 1.82) is 0 Å². The fourth-order valence-electron chi connectivity index (χ4n) is 0.973. The third kappa shape index (κ3) is 1.68. The van der Waals surface area contributed by atoms with E-state index in [1.165, 1.54) is 0 Å². The molecule has 0 amide bonds. The standard InChI is InChI=1S/C6H2Cl2N2O6/c7-1-3(9(13)14)5(11)2(8)6(12)4(1)10(15)16/h11-12H. The highest BCUT2D eigenvalue weighted by Crippen LogP contribution is 2.51. The molecule has 1 rings (SSSR count). The van der Waals surface area contributed by atoms with Gasteiger partial charge in [-0.15, -0.1) is 0 Å². The third-order valence-electron chi connectivity index (χ3n) is 1.65. The molecule has 0 aliphatic carbocycles. The smallest absolute Gasteiger partial charge is 0.338 e. The van der Waals surface area contributed by atoms with Gasteiger partial charge in [-0.05, 0) is 0 Å². The van der Waals surface area contributed by atoms with E-state index in [4.69, 9.17) is 23.2 Å². The molecule has 0 radical (unpaired) electrons. The van der Waals surface area contributed by atoms with E-state index in [2.05, 4.69) is 0 Å². The first-order valence-electron chi connectivity index (χ1n) is 3.50. The molecule has 0 saturated heterocycles. The van der Waals surface area contributed by atoms with Crippen molar-refractivity contribution in [1.82, 2.24) is 0 Å². The summed E-state index contributed by atoms with van der Waals surface area (Å²) >= 11 is 10.6. The molecular weight excluding hydrogens is 267 g/mol. The van der Waals surface area contributed by atoms with E-state index in [-0.39, 0.29) is 0 Å². The number of phenolic OH excluding ortho intramolecular Hbond substituents is 2. The van der Waals surface area contributed by atoms with Gasteiger partial charge in [0.05, 0.1) is 9.85 Å². The Morgan fingerprint density at radius 2 is 1.19 bits per heavy atom. The first kappa shape index (κ1) is 12.3. The van der Waals surface area contributed by atoms with Crippen LogP contribution in [0.4, 0.5) is 11.4 Å². The minimum absolute atomic E-state index is 0.900. The summed E-state index contributed by atoms with van der Waals surface area (Å²) in [4.78, 5) is 18.7. The van der Waals surface area contributed by atoms with Crippen molar-refractivity contribution in [3.8, 4) is 11.5 Å². The number of hydrogen-bond acceptors (Lipinski definition) is 6. The number of nitro benzene ring substituents is 2. The lowest BCUT2D eigenvalue weighted by Crippen LogP contribution is -1.97. The van der Waals surface area contributed by atoms with Gasteiger partial charge in [-0.25, -0.2) is 0 Å². The molecule has 0 unspecified atom stereocenters. The summed E-state index contributed by atoms with van der Waals surface area (Å²) in [5, 5.41) is 37.5. The summed E-state index contributed by atoms with van der Waals surface area (Å²) in [6, 6.07) is 0. The van der Waals surface area contributed by atoms with Crippen LogP contribution in [0.15, 0.2) is 0 Å². The van der Waals surface area contributed by atoms with Crippen LogP contribution >= 0.6 is 23.2 Å². The number of benzene rings is 1. The van der Waals surface area contributed by atoms with Gasteiger partial charge in [0.15, 0.2) is 0 Å². The molecular formula is C6H2Cl2N2O6. The molecule has 0 fully saturated rings. The van der Waals surface area contributed by atoms with Crippen molar-refractivity contribution in [2.45, 2.75) is 0 Å². The largest absolute Gasteiger partial charge is 0.501 e. The summed E-state index contributed by atoms with van der Waals surface area (Å²) in [6.07, 6.45) is 0. The van der Waals surface area contributed by atoms with Crippen LogP contribution in [0.5, 0.6) is 11.5 Å². The second-order valence-electron chi connectivity index (χ2n) is 2.54. The van der Waals surface area contributed by atoms with E-state index < -0.39 is 42.8 Å². The molecule has 1 aromatic rings. The molecule has 10 heteroatoms. The zero-order chi connectivity index (χ0) is 12.6. The molecule has 8 nitrogen and oxygen atoms in total. The Balaban J connectivity index is 3.80. The highest BCUT2D eigenvalue weighted by molar-refractivity contribution is 6.39. The molecule has 2 N–H and O–H groups in total. The van der Waals surface area contributed by atoms with E-state index in [9.17, 15) is 30.4 Å². The normalized spacial score (nSPS) is 10.1. The maximum absolute atomic E-state index is 10.5. The predicted octanol–water partition coefficient (Wildman–Crippen LogP) is 2.22. The Morgan fingerprint density at radius 3 is 1.44 bits per heavy atom. The van der Waals surface area contributed by atoms with Crippen LogP contribution in [0.1, 0.15) is 0 Å². The number of aromatic hydroxyl groups is 2. The molecule has 0 spiro atoms. The molecule has 0 aliphatic heterocycles. The Labute approximate surface area is 96.9 Å². The topological polar surface area (TPSA) is 127 Å².